The topological polar surface area (TPSA) is 54.2 Å². The molecule has 1 unspecified atom stereocenters. The second kappa shape index (κ2) is 7.04. The van der Waals surface area contributed by atoms with Crippen LogP contribution in [0.4, 0.5) is 17.6 Å². The molecule has 0 spiro atoms. The van der Waals surface area contributed by atoms with E-state index >= 15 is 0 Å². The van der Waals surface area contributed by atoms with Crippen LogP contribution < -0.4 is 5.32 Å². The molecule has 1 aliphatic rings. The number of alkyl halides is 3. The van der Waals surface area contributed by atoms with Gasteiger partial charge >= 0.3 is 6.18 Å². The standard InChI is InChI=1S/C14H14F4N4O.ClH/c1-22-5-4-19-7-11(22)12-20-13(23-21-12)8-2-3-10(15)9(6-8)14(16,17)18;/h2-3,6,11,19H,4-5,7H2,1H3;1H. The maximum absolute atomic E-state index is 13.3. The Morgan fingerprint density at radius 3 is 2.75 bits per heavy atom. The third kappa shape index (κ3) is 3.68. The Balaban J connectivity index is 0.00000208. The lowest BCUT2D eigenvalue weighted by atomic mass is 10.1. The summed E-state index contributed by atoms with van der Waals surface area (Å²) in [6.45, 7) is 2.25. The average Bonchev–Trinajstić information content (AvgIpc) is 2.96. The van der Waals surface area contributed by atoms with Crippen LogP contribution >= 0.6 is 12.4 Å². The van der Waals surface area contributed by atoms with Crippen LogP contribution in [0.2, 0.25) is 0 Å². The number of piperazine rings is 1. The van der Waals surface area contributed by atoms with Crippen LogP contribution in [-0.4, -0.2) is 41.7 Å². The summed E-state index contributed by atoms with van der Waals surface area (Å²) in [5.74, 6) is -1.02. The van der Waals surface area contributed by atoms with Gasteiger partial charge in [-0.1, -0.05) is 5.16 Å². The first-order valence-electron chi connectivity index (χ1n) is 6.98. The fourth-order valence-corrected chi connectivity index (χ4v) is 2.46. The molecule has 2 aromatic rings. The van der Waals surface area contributed by atoms with Crippen LogP contribution in [0.1, 0.15) is 17.4 Å². The SMILES string of the molecule is CN1CCNCC1c1noc(-c2ccc(F)c(C(F)(F)F)c2)n1.Cl. The van der Waals surface area contributed by atoms with E-state index in [1.54, 1.807) is 0 Å². The quantitative estimate of drug-likeness (QED) is 0.828. The second-order valence-electron chi connectivity index (χ2n) is 5.35. The largest absolute Gasteiger partial charge is 0.419 e. The molecule has 1 atom stereocenters. The van der Waals surface area contributed by atoms with Gasteiger partial charge < -0.3 is 9.84 Å². The van der Waals surface area contributed by atoms with Crippen molar-refractivity contribution in [3.8, 4) is 11.5 Å². The van der Waals surface area contributed by atoms with Gasteiger partial charge in [0.2, 0.25) is 0 Å². The van der Waals surface area contributed by atoms with E-state index in [-0.39, 0.29) is 29.9 Å². The zero-order valence-electron chi connectivity index (χ0n) is 12.6. The Labute approximate surface area is 141 Å². The van der Waals surface area contributed by atoms with Gasteiger partial charge in [-0.25, -0.2) is 4.39 Å². The third-order valence-corrected chi connectivity index (χ3v) is 3.77. The molecule has 0 radical (unpaired) electrons. The summed E-state index contributed by atoms with van der Waals surface area (Å²) in [6.07, 6.45) is -4.78. The van der Waals surface area contributed by atoms with Crippen molar-refractivity contribution in [2.75, 3.05) is 26.7 Å². The lowest BCUT2D eigenvalue weighted by Gasteiger charge is -2.30. The Morgan fingerprint density at radius 1 is 1.33 bits per heavy atom. The molecule has 24 heavy (non-hydrogen) atoms. The van der Waals surface area contributed by atoms with Crippen molar-refractivity contribution in [2.45, 2.75) is 12.2 Å². The summed E-state index contributed by atoms with van der Waals surface area (Å²) in [5, 5.41) is 7.03. The first kappa shape index (κ1) is 18.6. The third-order valence-electron chi connectivity index (χ3n) is 3.77. The molecule has 1 aromatic heterocycles. The van der Waals surface area contributed by atoms with Gasteiger partial charge in [-0.2, -0.15) is 18.2 Å². The first-order chi connectivity index (χ1) is 10.9. The van der Waals surface area contributed by atoms with Gasteiger partial charge in [-0.15, -0.1) is 12.4 Å². The monoisotopic (exact) mass is 366 g/mol. The zero-order chi connectivity index (χ0) is 16.6. The van der Waals surface area contributed by atoms with Gasteiger partial charge in [-0.3, -0.25) is 4.90 Å². The molecule has 0 amide bonds. The number of likely N-dealkylation sites (N-methyl/N-ethyl adjacent to an activating group) is 1. The number of benzene rings is 1. The van der Waals surface area contributed by atoms with Crippen LogP contribution in [-0.2, 0) is 6.18 Å². The molecule has 1 saturated heterocycles. The number of rotatable bonds is 2. The van der Waals surface area contributed by atoms with E-state index in [1.807, 2.05) is 11.9 Å². The summed E-state index contributed by atoms with van der Waals surface area (Å²) >= 11 is 0. The van der Waals surface area contributed by atoms with Crippen molar-refractivity contribution in [1.82, 2.24) is 20.4 Å². The second-order valence-corrected chi connectivity index (χ2v) is 5.35. The summed E-state index contributed by atoms with van der Waals surface area (Å²) < 4.78 is 56.7. The van der Waals surface area contributed by atoms with Crippen LogP contribution in [0.5, 0.6) is 0 Å². The van der Waals surface area contributed by atoms with E-state index in [0.29, 0.717) is 18.4 Å². The Kier molecular flexibility index (Phi) is 5.46. The van der Waals surface area contributed by atoms with Gasteiger partial charge in [-0.05, 0) is 25.2 Å². The maximum Gasteiger partial charge on any atom is 0.419 e. The minimum atomic E-state index is -4.78. The Morgan fingerprint density at radius 2 is 2.08 bits per heavy atom. The van der Waals surface area contributed by atoms with Crippen molar-refractivity contribution < 1.29 is 22.1 Å². The highest BCUT2D eigenvalue weighted by atomic mass is 35.5. The van der Waals surface area contributed by atoms with Gasteiger partial charge in [0.05, 0.1) is 11.6 Å². The molecule has 1 aromatic carbocycles. The summed E-state index contributed by atoms with van der Waals surface area (Å²) in [4.78, 5) is 6.18. The van der Waals surface area contributed by atoms with Gasteiger partial charge in [0, 0.05) is 25.2 Å². The number of aromatic nitrogens is 2. The van der Waals surface area contributed by atoms with E-state index in [1.165, 1.54) is 6.07 Å². The molecule has 0 saturated carbocycles. The molecule has 1 aliphatic heterocycles. The van der Waals surface area contributed by atoms with E-state index in [9.17, 15) is 17.6 Å². The molecule has 1 fully saturated rings. The minimum Gasteiger partial charge on any atom is -0.334 e. The molecule has 132 valence electrons. The smallest absolute Gasteiger partial charge is 0.334 e. The number of halogens is 5. The van der Waals surface area contributed by atoms with E-state index < -0.39 is 17.6 Å². The van der Waals surface area contributed by atoms with Gasteiger partial charge in [0.15, 0.2) is 5.82 Å². The molecule has 0 aliphatic carbocycles. The van der Waals surface area contributed by atoms with Gasteiger partial charge in [0.1, 0.15) is 5.82 Å². The predicted octanol–water partition coefficient (Wildman–Crippen LogP) is 2.89. The molecule has 5 nitrogen and oxygen atoms in total. The fourth-order valence-electron chi connectivity index (χ4n) is 2.46. The average molecular weight is 367 g/mol. The predicted molar refractivity (Wildman–Crippen MR) is 80.2 cm³/mol. The summed E-state index contributed by atoms with van der Waals surface area (Å²) in [5.41, 5.74) is -1.32. The Bertz CT molecular complexity index is 706. The van der Waals surface area contributed by atoms with Crippen LogP contribution in [0.25, 0.3) is 11.5 Å². The Hall–Kier alpha value is -1.71. The van der Waals surface area contributed by atoms with Crippen molar-refractivity contribution in [3.63, 3.8) is 0 Å². The van der Waals surface area contributed by atoms with Crippen molar-refractivity contribution in [3.05, 3.63) is 35.4 Å². The van der Waals surface area contributed by atoms with E-state index in [4.69, 9.17) is 4.52 Å². The highest BCUT2D eigenvalue weighted by Crippen LogP contribution is 2.34. The van der Waals surface area contributed by atoms with Crippen LogP contribution in [0.15, 0.2) is 22.7 Å². The van der Waals surface area contributed by atoms with Crippen molar-refractivity contribution in [1.29, 1.82) is 0 Å². The lowest BCUT2D eigenvalue weighted by Crippen LogP contribution is -2.44. The lowest BCUT2D eigenvalue weighted by molar-refractivity contribution is -0.139. The zero-order valence-corrected chi connectivity index (χ0v) is 13.4. The number of nitrogens with one attached hydrogen (secondary N) is 1. The highest BCUT2D eigenvalue weighted by Gasteiger charge is 2.35. The molecular weight excluding hydrogens is 352 g/mol. The van der Waals surface area contributed by atoms with Crippen LogP contribution in [0, 0.1) is 5.82 Å². The number of hydrogen-bond donors (Lipinski definition) is 1. The van der Waals surface area contributed by atoms with Gasteiger partial charge in [0.25, 0.3) is 5.89 Å². The van der Waals surface area contributed by atoms with E-state index in [2.05, 4.69) is 15.5 Å². The van der Waals surface area contributed by atoms with Crippen molar-refractivity contribution in [2.24, 2.45) is 0 Å². The normalized spacial score (nSPS) is 19.1. The van der Waals surface area contributed by atoms with E-state index in [0.717, 1.165) is 19.2 Å². The summed E-state index contributed by atoms with van der Waals surface area (Å²) in [6, 6.07) is 2.49. The summed E-state index contributed by atoms with van der Waals surface area (Å²) in [7, 11) is 1.90. The molecule has 0 bridgehead atoms. The fraction of sp³-hybridized carbons (Fsp3) is 0.429. The van der Waals surface area contributed by atoms with Crippen LogP contribution in [0.3, 0.4) is 0 Å². The molecule has 2 heterocycles. The molecule has 10 heteroatoms. The minimum absolute atomic E-state index is 0. The number of nitrogens with zero attached hydrogens (tertiary/aromatic N) is 3. The van der Waals surface area contributed by atoms with Crippen molar-refractivity contribution >= 4 is 12.4 Å². The number of hydrogen-bond acceptors (Lipinski definition) is 5. The molecule has 1 N–H and O–H groups in total. The maximum atomic E-state index is 13.3. The first-order valence-corrected chi connectivity index (χ1v) is 6.98. The highest BCUT2D eigenvalue weighted by molar-refractivity contribution is 5.85. The molecular formula is C14H15ClF4N4O. The molecule has 3 rings (SSSR count).